The standard InChI is InChI=1S/C16H22ClN/c1-12(2)18-11-16(9-15(10-16)6-7-15)13-4-3-5-14(17)8-13/h3-5,8,12,18H,6-7,9-11H2,1-2H3. The van der Waals surface area contributed by atoms with Crippen molar-refractivity contribution in [1.82, 2.24) is 5.32 Å². The van der Waals surface area contributed by atoms with Gasteiger partial charge in [0.2, 0.25) is 0 Å². The largest absolute Gasteiger partial charge is 0.314 e. The van der Waals surface area contributed by atoms with Crippen LogP contribution in [0.15, 0.2) is 24.3 Å². The lowest BCUT2D eigenvalue weighted by Gasteiger charge is -2.50. The minimum atomic E-state index is 0.339. The fraction of sp³-hybridized carbons (Fsp3) is 0.625. The summed E-state index contributed by atoms with van der Waals surface area (Å²) in [5.41, 5.74) is 2.48. The number of nitrogens with one attached hydrogen (secondary N) is 1. The maximum absolute atomic E-state index is 6.16. The van der Waals surface area contributed by atoms with Gasteiger partial charge in [0.1, 0.15) is 0 Å². The third-order valence-electron chi connectivity index (χ3n) is 4.67. The SMILES string of the molecule is CC(C)NCC1(c2cccc(Cl)c2)CC2(CC2)C1. The average Bonchev–Trinajstić information content (AvgIpc) is 3.04. The molecule has 0 unspecified atom stereocenters. The van der Waals surface area contributed by atoms with Crippen molar-refractivity contribution in [1.29, 1.82) is 0 Å². The highest BCUT2D eigenvalue weighted by atomic mass is 35.5. The highest BCUT2D eigenvalue weighted by Crippen LogP contribution is 2.68. The van der Waals surface area contributed by atoms with Gasteiger partial charge >= 0.3 is 0 Å². The second-order valence-electron chi connectivity index (χ2n) is 6.68. The zero-order valence-corrected chi connectivity index (χ0v) is 12.1. The fourth-order valence-corrected chi connectivity index (χ4v) is 3.75. The first-order valence-corrected chi connectivity index (χ1v) is 7.41. The van der Waals surface area contributed by atoms with Gasteiger partial charge in [-0.3, -0.25) is 0 Å². The van der Waals surface area contributed by atoms with E-state index >= 15 is 0 Å². The number of halogens is 1. The lowest BCUT2D eigenvalue weighted by Crippen LogP contribution is -2.50. The van der Waals surface area contributed by atoms with Crippen LogP contribution in [-0.4, -0.2) is 12.6 Å². The monoisotopic (exact) mass is 263 g/mol. The maximum atomic E-state index is 6.16. The molecule has 18 heavy (non-hydrogen) atoms. The van der Waals surface area contributed by atoms with Crippen LogP contribution >= 0.6 is 11.6 Å². The number of benzene rings is 1. The molecule has 1 spiro atoms. The number of rotatable bonds is 4. The lowest BCUT2D eigenvalue weighted by atomic mass is 9.56. The van der Waals surface area contributed by atoms with E-state index in [1.807, 2.05) is 6.07 Å². The van der Waals surface area contributed by atoms with Crippen LogP contribution in [0.2, 0.25) is 5.02 Å². The van der Waals surface area contributed by atoms with E-state index in [0.717, 1.165) is 11.6 Å². The molecule has 0 atom stereocenters. The fourth-order valence-electron chi connectivity index (χ4n) is 3.56. The van der Waals surface area contributed by atoms with Crippen molar-refractivity contribution in [2.45, 2.75) is 51.0 Å². The summed E-state index contributed by atoms with van der Waals surface area (Å²) < 4.78 is 0. The van der Waals surface area contributed by atoms with Crippen LogP contribution in [0.3, 0.4) is 0 Å². The predicted molar refractivity (Wildman–Crippen MR) is 77.2 cm³/mol. The van der Waals surface area contributed by atoms with Gasteiger partial charge in [-0.05, 0) is 48.8 Å². The summed E-state index contributed by atoms with van der Waals surface area (Å²) in [7, 11) is 0. The summed E-state index contributed by atoms with van der Waals surface area (Å²) in [6, 6.07) is 9.03. The molecule has 1 aromatic carbocycles. The zero-order valence-electron chi connectivity index (χ0n) is 11.3. The third kappa shape index (κ3) is 2.19. The molecule has 0 bridgehead atoms. The molecule has 0 amide bonds. The van der Waals surface area contributed by atoms with E-state index in [1.54, 1.807) is 0 Å². The molecule has 1 aromatic rings. The smallest absolute Gasteiger partial charge is 0.0408 e. The van der Waals surface area contributed by atoms with E-state index in [-0.39, 0.29) is 0 Å². The number of hydrogen-bond donors (Lipinski definition) is 1. The van der Waals surface area contributed by atoms with E-state index in [0.29, 0.717) is 16.9 Å². The van der Waals surface area contributed by atoms with Crippen LogP contribution in [0.5, 0.6) is 0 Å². The van der Waals surface area contributed by atoms with Gasteiger partial charge in [0.25, 0.3) is 0 Å². The summed E-state index contributed by atoms with van der Waals surface area (Å²) in [5, 5.41) is 4.50. The van der Waals surface area contributed by atoms with Gasteiger partial charge in [-0.2, -0.15) is 0 Å². The molecule has 2 saturated carbocycles. The van der Waals surface area contributed by atoms with Crippen molar-refractivity contribution in [2.75, 3.05) is 6.54 Å². The molecule has 1 nitrogen and oxygen atoms in total. The second-order valence-corrected chi connectivity index (χ2v) is 7.12. The van der Waals surface area contributed by atoms with Gasteiger partial charge in [-0.1, -0.05) is 37.6 Å². The first-order valence-electron chi connectivity index (χ1n) is 7.03. The molecule has 0 aliphatic heterocycles. The minimum absolute atomic E-state index is 0.339. The molecule has 0 heterocycles. The summed E-state index contributed by atoms with van der Waals surface area (Å²) in [6.45, 7) is 5.53. The quantitative estimate of drug-likeness (QED) is 0.861. The molecular weight excluding hydrogens is 242 g/mol. The highest BCUT2D eigenvalue weighted by Gasteiger charge is 2.60. The zero-order chi connectivity index (χ0) is 12.8. The van der Waals surface area contributed by atoms with Crippen LogP contribution in [0.4, 0.5) is 0 Å². The summed E-state index contributed by atoms with van der Waals surface area (Å²) in [6.07, 6.45) is 5.58. The molecule has 2 heteroatoms. The van der Waals surface area contributed by atoms with Crippen LogP contribution in [-0.2, 0) is 5.41 Å². The minimum Gasteiger partial charge on any atom is -0.314 e. The third-order valence-corrected chi connectivity index (χ3v) is 4.90. The van der Waals surface area contributed by atoms with E-state index < -0.39 is 0 Å². The van der Waals surface area contributed by atoms with Gasteiger partial charge in [0.15, 0.2) is 0 Å². The molecule has 3 rings (SSSR count). The van der Waals surface area contributed by atoms with E-state index in [1.165, 1.54) is 31.2 Å². The normalized spacial score (nSPS) is 23.1. The molecule has 1 N–H and O–H groups in total. The van der Waals surface area contributed by atoms with Crippen molar-refractivity contribution >= 4 is 11.6 Å². The molecule has 0 saturated heterocycles. The molecule has 0 aromatic heterocycles. The van der Waals surface area contributed by atoms with Gasteiger partial charge in [0, 0.05) is 23.0 Å². The summed E-state index contributed by atoms with van der Waals surface area (Å²) in [5.74, 6) is 0. The Labute approximate surface area is 115 Å². The Kier molecular flexibility index (Phi) is 2.95. The van der Waals surface area contributed by atoms with Crippen LogP contribution < -0.4 is 5.32 Å². The predicted octanol–water partition coefficient (Wildman–Crippen LogP) is 4.15. The van der Waals surface area contributed by atoms with Crippen LogP contribution in [0.25, 0.3) is 0 Å². The molecular formula is C16H22ClN. The number of hydrogen-bond acceptors (Lipinski definition) is 1. The Balaban J connectivity index is 1.81. The van der Waals surface area contributed by atoms with Crippen molar-refractivity contribution in [2.24, 2.45) is 5.41 Å². The Hall–Kier alpha value is -0.530. The molecule has 2 aliphatic rings. The van der Waals surface area contributed by atoms with Gasteiger partial charge in [-0.25, -0.2) is 0 Å². The molecule has 0 radical (unpaired) electrons. The first kappa shape index (κ1) is 12.5. The van der Waals surface area contributed by atoms with E-state index in [2.05, 4.69) is 37.4 Å². The van der Waals surface area contributed by atoms with E-state index in [4.69, 9.17) is 11.6 Å². The van der Waals surface area contributed by atoms with Crippen molar-refractivity contribution in [3.05, 3.63) is 34.9 Å². The van der Waals surface area contributed by atoms with Crippen LogP contribution in [0, 0.1) is 5.41 Å². The second kappa shape index (κ2) is 4.25. The Morgan fingerprint density at radius 2 is 2.00 bits per heavy atom. The van der Waals surface area contributed by atoms with Gasteiger partial charge in [0.05, 0.1) is 0 Å². The first-order chi connectivity index (χ1) is 8.54. The summed E-state index contributed by atoms with van der Waals surface area (Å²) in [4.78, 5) is 0. The van der Waals surface area contributed by atoms with E-state index in [9.17, 15) is 0 Å². The van der Waals surface area contributed by atoms with Crippen molar-refractivity contribution in [3.8, 4) is 0 Å². The Bertz CT molecular complexity index is 440. The Morgan fingerprint density at radius 1 is 1.28 bits per heavy atom. The van der Waals surface area contributed by atoms with Crippen LogP contribution in [0.1, 0.15) is 45.1 Å². The maximum Gasteiger partial charge on any atom is 0.0408 e. The molecule has 2 aliphatic carbocycles. The lowest BCUT2D eigenvalue weighted by molar-refractivity contribution is 0.114. The van der Waals surface area contributed by atoms with Crippen molar-refractivity contribution in [3.63, 3.8) is 0 Å². The van der Waals surface area contributed by atoms with Gasteiger partial charge < -0.3 is 5.32 Å². The molecule has 2 fully saturated rings. The topological polar surface area (TPSA) is 12.0 Å². The average molecular weight is 264 g/mol. The molecule has 98 valence electrons. The Morgan fingerprint density at radius 3 is 2.56 bits per heavy atom. The van der Waals surface area contributed by atoms with Crippen molar-refractivity contribution < 1.29 is 0 Å². The van der Waals surface area contributed by atoms with Gasteiger partial charge in [-0.15, -0.1) is 0 Å². The summed E-state index contributed by atoms with van der Waals surface area (Å²) >= 11 is 6.16. The highest BCUT2D eigenvalue weighted by molar-refractivity contribution is 6.30.